The van der Waals surface area contributed by atoms with Crippen molar-refractivity contribution in [1.29, 1.82) is 0 Å². The largest absolute Gasteiger partial charge is 0.493 e. The number of thioether (sulfide) groups is 1. The first-order valence-electron chi connectivity index (χ1n) is 15.8. The number of fused-ring (bicyclic) bond motifs is 1. The number of hydrogen-bond acceptors (Lipinski definition) is 7. The maximum Gasteiger partial charge on any atom is 0.224 e. The average Bonchev–Trinajstić information content (AvgIpc) is 3.63. The highest BCUT2D eigenvalue weighted by molar-refractivity contribution is 8.00. The number of anilines is 1. The number of carbonyl (C=O) groups excluding carboxylic acids is 2. The third kappa shape index (κ3) is 7.30. The summed E-state index contributed by atoms with van der Waals surface area (Å²) in [5, 5.41) is 15.3. The first-order chi connectivity index (χ1) is 21.5. The SMILES string of the molecule is CCC(C)(C)c1ccc(OCCCC(=O)Nc2ccc3c(c2)C(=O)C(Sc2nnnn2-c2ccccc2)C3)c(C(C)(C)CC)c1. The quantitative estimate of drug-likeness (QED) is 0.152. The number of benzene rings is 3. The molecule has 1 aliphatic carbocycles. The summed E-state index contributed by atoms with van der Waals surface area (Å²) >= 11 is 1.36. The Morgan fingerprint density at radius 2 is 1.76 bits per heavy atom. The lowest BCUT2D eigenvalue weighted by Crippen LogP contribution is -2.21. The molecule has 4 aromatic rings. The van der Waals surface area contributed by atoms with Crippen molar-refractivity contribution in [2.75, 3.05) is 11.9 Å². The minimum atomic E-state index is -0.332. The van der Waals surface area contributed by atoms with E-state index in [1.54, 1.807) is 10.7 Å². The van der Waals surface area contributed by atoms with E-state index < -0.39 is 0 Å². The standard InChI is InChI=1S/C36H43N5O3S/c1-7-35(3,4)25-17-19-30(29(22-25)36(5,6)8-2)44-20-12-15-32(42)37-26-18-16-24-21-31(33(43)28(24)23-26)45-34-38-39-40-41(34)27-13-10-9-11-14-27/h9-11,13-14,16-19,22-23,31H,7-8,12,15,20-21H2,1-6H3,(H,37,42). The van der Waals surface area contributed by atoms with Crippen LogP contribution >= 0.6 is 11.8 Å². The molecule has 0 spiro atoms. The van der Waals surface area contributed by atoms with Gasteiger partial charge in [-0.2, -0.15) is 4.68 Å². The van der Waals surface area contributed by atoms with Crippen LogP contribution in [0.15, 0.2) is 71.9 Å². The van der Waals surface area contributed by atoms with E-state index in [2.05, 4.69) is 80.6 Å². The van der Waals surface area contributed by atoms with E-state index in [1.807, 2.05) is 42.5 Å². The number of carbonyl (C=O) groups is 2. The molecule has 1 aliphatic rings. The number of rotatable bonds is 13. The van der Waals surface area contributed by atoms with Crippen LogP contribution in [0.5, 0.6) is 5.75 Å². The van der Waals surface area contributed by atoms with E-state index in [-0.39, 0.29) is 27.8 Å². The highest BCUT2D eigenvalue weighted by atomic mass is 32.2. The molecule has 8 nitrogen and oxygen atoms in total. The van der Waals surface area contributed by atoms with Crippen molar-refractivity contribution in [1.82, 2.24) is 20.2 Å². The molecule has 0 saturated heterocycles. The number of nitrogens with one attached hydrogen (secondary N) is 1. The van der Waals surface area contributed by atoms with E-state index >= 15 is 0 Å². The van der Waals surface area contributed by atoms with Crippen LogP contribution in [-0.2, 0) is 22.0 Å². The number of ketones is 1. The molecule has 0 fully saturated rings. The molecule has 1 heterocycles. The maximum absolute atomic E-state index is 13.3. The van der Waals surface area contributed by atoms with Crippen LogP contribution in [0.3, 0.4) is 0 Å². The normalized spacial score (nSPS) is 14.8. The lowest BCUT2D eigenvalue weighted by atomic mass is 9.76. The number of aromatic nitrogens is 4. The minimum Gasteiger partial charge on any atom is -0.493 e. The van der Waals surface area contributed by atoms with Crippen molar-refractivity contribution in [3.8, 4) is 11.4 Å². The van der Waals surface area contributed by atoms with Gasteiger partial charge in [0.25, 0.3) is 0 Å². The van der Waals surface area contributed by atoms with Crippen LogP contribution in [-0.4, -0.2) is 43.8 Å². The number of ether oxygens (including phenoxy) is 1. The van der Waals surface area contributed by atoms with Crippen LogP contribution in [0.2, 0.25) is 0 Å². The fourth-order valence-electron chi connectivity index (χ4n) is 5.37. The Balaban J connectivity index is 1.16. The molecule has 1 amide bonds. The predicted octanol–water partition coefficient (Wildman–Crippen LogP) is 7.73. The van der Waals surface area contributed by atoms with Crippen molar-refractivity contribution < 1.29 is 14.3 Å². The number of para-hydroxylation sites is 1. The molecule has 236 valence electrons. The topological polar surface area (TPSA) is 99.0 Å². The van der Waals surface area contributed by atoms with E-state index in [4.69, 9.17) is 4.74 Å². The zero-order chi connectivity index (χ0) is 32.2. The summed E-state index contributed by atoms with van der Waals surface area (Å²) in [4.78, 5) is 26.2. The lowest BCUT2D eigenvalue weighted by Gasteiger charge is -2.30. The summed E-state index contributed by atoms with van der Waals surface area (Å²) < 4.78 is 7.89. The van der Waals surface area contributed by atoms with Gasteiger partial charge < -0.3 is 10.1 Å². The molecule has 0 saturated carbocycles. The van der Waals surface area contributed by atoms with E-state index in [1.165, 1.54) is 22.9 Å². The summed E-state index contributed by atoms with van der Waals surface area (Å²) in [5.74, 6) is 0.799. The minimum absolute atomic E-state index is 0.0151. The molecule has 45 heavy (non-hydrogen) atoms. The van der Waals surface area contributed by atoms with Crippen LogP contribution in [0.1, 0.15) is 94.3 Å². The second-order valence-electron chi connectivity index (χ2n) is 12.9. The van der Waals surface area contributed by atoms with Crippen molar-refractivity contribution in [3.63, 3.8) is 0 Å². The van der Waals surface area contributed by atoms with Gasteiger partial charge in [-0.3, -0.25) is 9.59 Å². The number of amides is 1. The molecule has 3 aromatic carbocycles. The van der Waals surface area contributed by atoms with Crippen LogP contribution in [0.25, 0.3) is 5.69 Å². The summed E-state index contributed by atoms with van der Waals surface area (Å²) in [6, 6.07) is 21.7. The van der Waals surface area contributed by atoms with Crippen molar-refractivity contribution >= 4 is 29.1 Å². The molecule has 1 atom stereocenters. The van der Waals surface area contributed by atoms with Gasteiger partial charge in [0.1, 0.15) is 5.75 Å². The Morgan fingerprint density at radius 1 is 1.00 bits per heavy atom. The molecular weight excluding hydrogens is 582 g/mol. The molecule has 1 unspecified atom stereocenters. The molecule has 1 N–H and O–H groups in total. The number of nitrogens with zero attached hydrogens (tertiary/aromatic N) is 4. The van der Waals surface area contributed by atoms with E-state index in [0.717, 1.165) is 29.8 Å². The van der Waals surface area contributed by atoms with Crippen LogP contribution in [0, 0.1) is 0 Å². The highest BCUT2D eigenvalue weighted by Gasteiger charge is 2.33. The maximum atomic E-state index is 13.3. The number of Topliss-reactive ketones (excluding diaryl/α,β-unsaturated/α-hetero) is 1. The second-order valence-corrected chi connectivity index (χ2v) is 14.1. The Bertz CT molecular complexity index is 1660. The first-order valence-corrected chi connectivity index (χ1v) is 16.7. The molecule has 0 radical (unpaired) electrons. The fourth-order valence-corrected chi connectivity index (χ4v) is 6.45. The van der Waals surface area contributed by atoms with Crippen molar-refractivity contribution in [2.24, 2.45) is 0 Å². The van der Waals surface area contributed by atoms with Crippen molar-refractivity contribution in [3.05, 3.63) is 89.0 Å². The van der Waals surface area contributed by atoms with Gasteiger partial charge in [-0.05, 0) is 88.4 Å². The highest BCUT2D eigenvalue weighted by Crippen LogP contribution is 2.39. The van der Waals surface area contributed by atoms with Crippen LogP contribution < -0.4 is 10.1 Å². The van der Waals surface area contributed by atoms with E-state index in [9.17, 15) is 9.59 Å². The zero-order valence-corrected chi connectivity index (χ0v) is 27.9. The van der Waals surface area contributed by atoms with Gasteiger partial charge in [-0.1, -0.05) is 89.7 Å². The van der Waals surface area contributed by atoms with Gasteiger partial charge in [0.05, 0.1) is 17.5 Å². The monoisotopic (exact) mass is 625 g/mol. The summed E-state index contributed by atoms with van der Waals surface area (Å²) in [6.07, 6.45) is 3.54. The molecule has 9 heteroatoms. The molecule has 1 aromatic heterocycles. The molecule has 0 aliphatic heterocycles. The van der Waals surface area contributed by atoms with E-state index in [0.29, 0.717) is 42.3 Å². The van der Waals surface area contributed by atoms with Gasteiger partial charge in [-0.25, -0.2) is 0 Å². The zero-order valence-electron chi connectivity index (χ0n) is 27.1. The smallest absolute Gasteiger partial charge is 0.224 e. The molecular formula is C36H43N5O3S. The summed E-state index contributed by atoms with van der Waals surface area (Å²) in [7, 11) is 0. The summed E-state index contributed by atoms with van der Waals surface area (Å²) in [6.45, 7) is 13.9. The molecule has 5 rings (SSSR count). The third-order valence-corrected chi connectivity index (χ3v) is 10.2. The first kappa shape index (κ1) is 32.4. The summed E-state index contributed by atoms with van der Waals surface area (Å²) in [5.41, 5.74) is 5.65. The number of hydrogen-bond donors (Lipinski definition) is 1. The Kier molecular flexibility index (Phi) is 9.77. The predicted molar refractivity (Wildman–Crippen MR) is 180 cm³/mol. The van der Waals surface area contributed by atoms with Crippen LogP contribution in [0.4, 0.5) is 5.69 Å². The second kappa shape index (κ2) is 13.6. The average molecular weight is 626 g/mol. The fraction of sp³-hybridized carbons (Fsp3) is 0.417. The van der Waals surface area contributed by atoms with Gasteiger partial charge in [0.2, 0.25) is 11.1 Å². The van der Waals surface area contributed by atoms with Gasteiger partial charge in [-0.15, -0.1) is 5.10 Å². The van der Waals surface area contributed by atoms with Gasteiger partial charge in [0.15, 0.2) is 5.78 Å². The third-order valence-electron chi connectivity index (χ3n) is 9.11. The Labute approximate surface area is 270 Å². The Morgan fingerprint density at radius 3 is 2.49 bits per heavy atom. The molecule has 0 bridgehead atoms. The lowest BCUT2D eigenvalue weighted by molar-refractivity contribution is -0.116. The number of tetrazole rings is 1. The Hall–Kier alpha value is -3.98. The van der Waals surface area contributed by atoms with Gasteiger partial charge >= 0.3 is 0 Å². The van der Waals surface area contributed by atoms with Crippen molar-refractivity contribution in [2.45, 2.75) is 94.9 Å². The van der Waals surface area contributed by atoms with Gasteiger partial charge in [0, 0.05) is 23.2 Å².